The normalized spacial score (nSPS) is 11.1. The van der Waals surface area contributed by atoms with Gasteiger partial charge in [0.25, 0.3) is 0 Å². The van der Waals surface area contributed by atoms with Crippen molar-refractivity contribution in [1.82, 2.24) is 0 Å². The lowest BCUT2D eigenvalue weighted by molar-refractivity contribution is 0.0998. The van der Waals surface area contributed by atoms with Crippen LogP contribution in [-0.4, -0.2) is 5.91 Å². The average Bonchev–Trinajstić information content (AvgIpc) is 2.15. The van der Waals surface area contributed by atoms with Gasteiger partial charge in [0.2, 0.25) is 5.91 Å². The summed E-state index contributed by atoms with van der Waals surface area (Å²) >= 11 is 0. The molecule has 0 bridgehead atoms. The monoisotopic (exact) mass is 203 g/mol. The molecule has 1 aromatic carbocycles. The number of carbonyl (C=O) groups excluding carboxylic acids is 1. The van der Waals surface area contributed by atoms with Crippen molar-refractivity contribution in [2.75, 3.05) is 0 Å². The van der Waals surface area contributed by atoms with Gasteiger partial charge in [0, 0.05) is 5.56 Å². The van der Waals surface area contributed by atoms with Crippen molar-refractivity contribution in [1.29, 1.82) is 0 Å². The highest BCUT2D eigenvalue weighted by atomic mass is 16.1. The van der Waals surface area contributed by atoms with Crippen LogP contribution in [0.5, 0.6) is 0 Å². The third-order valence-electron chi connectivity index (χ3n) is 2.33. The molecule has 0 heterocycles. The fraction of sp³-hybridized carbons (Fsp3) is 0.308. The number of hydrogen-bond acceptors (Lipinski definition) is 1. The first-order valence-corrected chi connectivity index (χ1v) is 4.93. The molecule has 80 valence electrons. The molecule has 0 aromatic heterocycles. The fourth-order valence-electron chi connectivity index (χ4n) is 1.78. The van der Waals surface area contributed by atoms with E-state index in [4.69, 9.17) is 5.73 Å². The van der Waals surface area contributed by atoms with Gasteiger partial charge in [-0.25, -0.2) is 0 Å². The van der Waals surface area contributed by atoms with Crippen LogP contribution in [0.4, 0.5) is 0 Å². The third kappa shape index (κ3) is 2.27. The van der Waals surface area contributed by atoms with Crippen molar-refractivity contribution < 1.29 is 4.79 Å². The maximum atomic E-state index is 11.3. The first kappa shape index (κ1) is 11.5. The first-order valence-electron chi connectivity index (χ1n) is 4.93. The summed E-state index contributed by atoms with van der Waals surface area (Å²) in [5, 5.41) is 0. The molecule has 1 rings (SSSR count). The number of carbonyl (C=O) groups is 1. The Hall–Kier alpha value is -1.57. The van der Waals surface area contributed by atoms with Crippen LogP contribution < -0.4 is 5.73 Å². The van der Waals surface area contributed by atoms with Crippen LogP contribution in [0.2, 0.25) is 0 Å². The van der Waals surface area contributed by atoms with Gasteiger partial charge < -0.3 is 5.73 Å². The molecule has 2 heteroatoms. The molecule has 0 aliphatic heterocycles. The van der Waals surface area contributed by atoms with Gasteiger partial charge in [0.05, 0.1) is 0 Å². The van der Waals surface area contributed by atoms with Gasteiger partial charge in [-0.2, -0.15) is 0 Å². The highest BCUT2D eigenvalue weighted by Gasteiger charge is 2.22. The number of benzene rings is 1. The summed E-state index contributed by atoms with van der Waals surface area (Å²) in [6.45, 7) is 9.93. The molecular weight excluding hydrogens is 186 g/mol. The van der Waals surface area contributed by atoms with Gasteiger partial charge in [0.15, 0.2) is 0 Å². The number of nitrogens with two attached hydrogens (primary N) is 1. The summed E-state index contributed by atoms with van der Waals surface area (Å²) in [7, 11) is 0. The molecule has 0 aliphatic carbocycles. The Morgan fingerprint density at radius 3 is 2.40 bits per heavy atom. The number of hydrogen-bond donors (Lipinski definition) is 1. The molecule has 2 nitrogen and oxygen atoms in total. The fourth-order valence-corrected chi connectivity index (χ4v) is 1.78. The number of primary amides is 1. The molecular formula is C13H17NO. The van der Waals surface area contributed by atoms with Crippen LogP contribution in [-0.2, 0) is 5.41 Å². The van der Waals surface area contributed by atoms with Gasteiger partial charge in [0.1, 0.15) is 0 Å². The van der Waals surface area contributed by atoms with E-state index < -0.39 is 0 Å². The number of rotatable bonds is 2. The predicted molar refractivity (Wildman–Crippen MR) is 63.8 cm³/mol. The minimum absolute atomic E-state index is 0.116. The smallest absolute Gasteiger partial charge is 0.249 e. The van der Waals surface area contributed by atoms with Crippen molar-refractivity contribution in [2.45, 2.75) is 26.2 Å². The van der Waals surface area contributed by atoms with Crippen molar-refractivity contribution in [3.05, 3.63) is 41.5 Å². The maximum absolute atomic E-state index is 11.3. The Balaban J connectivity index is 3.54. The summed E-state index contributed by atoms with van der Waals surface area (Å²) in [4.78, 5) is 11.3. The lowest BCUT2D eigenvalue weighted by Gasteiger charge is -2.24. The van der Waals surface area contributed by atoms with E-state index in [1.807, 2.05) is 12.1 Å². The summed E-state index contributed by atoms with van der Waals surface area (Å²) in [6, 6.07) is 5.53. The standard InChI is InChI=1S/C13H17NO/c1-5-9-7-6-8-10(12(14)15)11(9)13(2,3)4/h5-8H,1H2,2-4H3,(H2,14,15). The summed E-state index contributed by atoms with van der Waals surface area (Å²) in [6.07, 6.45) is 1.76. The van der Waals surface area contributed by atoms with Gasteiger partial charge in [-0.1, -0.05) is 45.6 Å². The van der Waals surface area contributed by atoms with Crippen molar-refractivity contribution in [2.24, 2.45) is 5.73 Å². The van der Waals surface area contributed by atoms with E-state index in [1.54, 1.807) is 12.1 Å². The second-order valence-corrected chi connectivity index (χ2v) is 4.59. The predicted octanol–water partition coefficient (Wildman–Crippen LogP) is 2.73. The topological polar surface area (TPSA) is 43.1 Å². The molecule has 0 unspecified atom stereocenters. The zero-order valence-corrected chi connectivity index (χ0v) is 9.50. The van der Waals surface area contributed by atoms with Crippen LogP contribution in [0.3, 0.4) is 0 Å². The molecule has 0 saturated heterocycles. The van der Waals surface area contributed by atoms with E-state index in [-0.39, 0.29) is 11.3 Å². The minimum Gasteiger partial charge on any atom is -0.366 e. The molecule has 0 spiro atoms. The first-order chi connectivity index (χ1) is 6.88. The van der Waals surface area contributed by atoms with E-state index >= 15 is 0 Å². The Morgan fingerprint density at radius 2 is 2.00 bits per heavy atom. The molecule has 0 saturated carbocycles. The summed E-state index contributed by atoms with van der Waals surface area (Å²) in [5.74, 6) is -0.386. The van der Waals surface area contributed by atoms with Crippen molar-refractivity contribution in [3.63, 3.8) is 0 Å². The van der Waals surface area contributed by atoms with Crippen LogP contribution in [0.25, 0.3) is 6.08 Å². The molecule has 0 atom stereocenters. The van der Waals surface area contributed by atoms with Crippen LogP contribution in [0, 0.1) is 0 Å². The van der Waals surface area contributed by atoms with Crippen molar-refractivity contribution in [3.8, 4) is 0 Å². The Morgan fingerprint density at radius 1 is 1.40 bits per heavy atom. The number of amides is 1. The molecule has 1 aromatic rings. The van der Waals surface area contributed by atoms with Gasteiger partial charge in [-0.3, -0.25) is 4.79 Å². The van der Waals surface area contributed by atoms with E-state index in [0.717, 1.165) is 11.1 Å². The Bertz CT molecular complexity index is 399. The van der Waals surface area contributed by atoms with E-state index in [2.05, 4.69) is 27.4 Å². The molecule has 1 amide bonds. The quantitative estimate of drug-likeness (QED) is 0.789. The van der Waals surface area contributed by atoms with Crippen LogP contribution >= 0.6 is 0 Å². The van der Waals surface area contributed by atoms with Gasteiger partial charge in [-0.15, -0.1) is 0 Å². The second kappa shape index (κ2) is 3.89. The van der Waals surface area contributed by atoms with Gasteiger partial charge >= 0.3 is 0 Å². The van der Waals surface area contributed by atoms with E-state index in [1.165, 1.54) is 0 Å². The van der Waals surface area contributed by atoms with E-state index in [0.29, 0.717) is 5.56 Å². The molecule has 0 radical (unpaired) electrons. The largest absolute Gasteiger partial charge is 0.366 e. The molecule has 15 heavy (non-hydrogen) atoms. The Labute approximate surface area is 90.8 Å². The third-order valence-corrected chi connectivity index (χ3v) is 2.33. The SMILES string of the molecule is C=Cc1cccc(C(N)=O)c1C(C)(C)C. The Kier molecular flexibility index (Phi) is 2.98. The average molecular weight is 203 g/mol. The van der Waals surface area contributed by atoms with Crippen LogP contribution in [0.15, 0.2) is 24.8 Å². The van der Waals surface area contributed by atoms with Gasteiger partial charge in [-0.05, 0) is 22.6 Å². The summed E-state index contributed by atoms with van der Waals surface area (Å²) in [5.41, 5.74) is 7.77. The molecule has 2 N–H and O–H groups in total. The minimum atomic E-state index is -0.386. The second-order valence-electron chi connectivity index (χ2n) is 4.59. The highest BCUT2D eigenvalue weighted by Crippen LogP contribution is 2.29. The maximum Gasteiger partial charge on any atom is 0.249 e. The molecule has 0 fully saturated rings. The molecule has 0 aliphatic rings. The van der Waals surface area contributed by atoms with E-state index in [9.17, 15) is 4.79 Å². The zero-order valence-electron chi connectivity index (χ0n) is 9.50. The highest BCUT2D eigenvalue weighted by molar-refractivity contribution is 5.95. The zero-order chi connectivity index (χ0) is 11.6. The lowest BCUT2D eigenvalue weighted by atomic mass is 9.80. The summed E-state index contributed by atoms with van der Waals surface area (Å²) < 4.78 is 0. The van der Waals surface area contributed by atoms with Crippen LogP contribution in [0.1, 0.15) is 42.3 Å². The van der Waals surface area contributed by atoms with Crippen molar-refractivity contribution >= 4 is 12.0 Å². The lowest BCUT2D eigenvalue weighted by Crippen LogP contribution is -2.22.